The average molecular weight is 354 g/mol. The Balaban J connectivity index is 1.70. The van der Waals surface area contributed by atoms with Crippen molar-refractivity contribution in [3.63, 3.8) is 0 Å². The van der Waals surface area contributed by atoms with E-state index in [2.05, 4.69) is 51.1 Å². The molecule has 3 nitrogen and oxygen atoms in total. The Bertz CT molecular complexity index is 586. The van der Waals surface area contributed by atoms with E-state index in [1.54, 1.807) is 11.3 Å². The maximum absolute atomic E-state index is 5.64. The number of ether oxygens (including phenoxy) is 2. The van der Waals surface area contributed by atoms with Crippen molar-refractivity contribution in [2.45, 2.75) is 19.5 Å². The quantitative estimate of drug-likeness (QED) is 0.896. The Hall–Kier alpha value is -1.04. The molecule has 5 heteroatoms. The van der Waals surface area contributed by atoms with Gasteiger partial charge in [-0.15, -0.1) is 0 Å². The molecule has 0 fully saturated rings. The molecular formula is C15H16BrNO2S. The monoisotopic (exact) mass is 353 g/mol. The van der Waals surface area contributed by atoms with Crippen molar-refractivity contribution < 1.29 is 9.47 Å². The number of hydrogen-bond acceptors (Lipinski definition) is 4. The van der Waals surface area contributed by atoms with Crippen molar-refractivity contribution in [1.29, 1.82) is 0 Å². The van der Waals surface area contributed by atoms with Crippen molar-refractivity contribution in [2.75, 3.05) is 13.2 Å². The predicted molar refractivity (Wildman–Crippen MR) is 84.7 cm³/mol. The number of thiophene rings is 1. The molecule has 0 amide bonds. The summed E-state index contributed by atoms with van der Waals surface area (Å²) in [7, 11) is 0. The SMILES string of the molecule is CC(NCc1cc(Br)c2c(c1)OCCO2)c1ccsc1. The summed E-state index contributed by atoms with van der Waals surface area (Å²) in [6.07, 6.45) is 0. The summed E-state index contributed by atoms with van der Waals surface area (Å²) in [4.78, 5) is 0. The molecule has 1 aromatic heterocycles. The molecule has 1 aromatic carbocycles. The van der Waals surface area contributed by atoms with E-state index >= 15 is 0 Å². The van der Waals surface area contributed by atoms with Crippen LogP contribution in [0.2, 0.25) is 0 Å². The van der Waals surface area contributed by atoms with Crippen LogP contribution in [-0.4, -0.2) is 13.2 Å². The maximum atomic E-state index is 5.64. The molecule has 1 N–H and O–H groups in total. The van der Waals surface area contributed by atoms with E-state index in [-0.39, 0.29) is 0 Å². The van der Waals surface area contributed by atoms with E-state index in [4.69, 9.17) is 9.47 Å². The first-order valence-corrected chi connectivity index (χ1v) is 8.31. The fraction of sp³-hybridized carbons (Fsp3) is 0.333. The summed E-state index contributed by atoms with van der Waals surface area (Å²) in [5, 5.41) is 7.81. The first kappa shape index (κ1) is 13.9. The van der Waals surface area contributed by atoms with Crippen LogP contribution >= 0.6 is 27.3 Å². The van der Waals surface area contributed by atoms with Crippen molar-refractivity contribution >= 4 is 27.3 Å². The largest absolute Gasteiger partial charge is 0.486 e. The van der Waals surface area contributed by atoms with Crippen molar-refractivity contribution in [3.8, 4) is 11.5 Å². The number of nitrogens with one attached hydrogen (secondary N) is 1. The zero-order valence-electron chi connectivity index (χ0n) is 11.2. The van der Waals surface area contributed by atoms with Crippen LogP contribution in [-0.2, 0) is 6.54 Å². The van der Waals surface area contributed by atoms with Crippen LogP contribution in [0.3, 0.4) is 0 Å². The lowest BCUT2D eigenvalue weighted by atomic mass is 10.1. The van der Waals surface area contributed by atoms with Crippen molar-refractivity contribution in [1.82, 2.24) is 5.32 Å². The van der Waals surface area contributed by atoms with Gasteiger partial charge in [-0.2, -0.15) is 11.3 Å². The van der Waals surface area contributed by atoms with Gasteiger partial charge in [0, 0.05) is 12.6 Å². The Morgan fingerprint density at radius 1 is 1.35 bits per heavy atom. The summed E-state index contributed by atoms with van der Waals surface area (Å²) < 4.78 is 12.2. The number of hydrogen-bond donors (Lipinski definition) is 1. The molecule has 0 saturated heterocycles. The standard InChI is InChI=1S/C15H16BrNO2S/c1-10(12-2-5-20-9-12)17-8-11-6-13(16)15-14(7-11)18-3-4-19-15/h2,5-7,9-10,17H,3-4,8H2,1H3. The predicted octanol–water partition coefficient (Wildman–Crippen LogP) is 4.13. The minimum atomic E-state index is 0.341. The molecule has 1 atom stereocenters. The summed E-state index contributed by atoms with van der Waals surface area (Å²) in [5.74, 6) is 1.64. The van der Waals surface area contributed by atoms with E-state index < -0.39 is 0 Å². The highest BCUT2D eigenvalue weighted by Gasteiger charge is 2.16. The number of fused-ring (bicyclic) bond motifs is 1. The smallest absolute Gasteiger partial charge is 0.175 e. The molecule has 0 spiro atoms. The molecule has 0 saturated carbocycles. The molecule has 1 aliphatic heterocycles. The first-order valence-electron chi connectivity index (χ1n) is 6.57. The summed E-state index contributed by atoms with van der Waals surface area (Å²) >= 11 is 5.27. The van der Waals surface area contributed by atoms with Crippen LogP contribution in [0.25, 0.3) is 0 Å². The summed E-state index contributed by atoms with van der Waals surface area (Å²) in [6.45, 7) is 4.20. The topological polar surface area (TPSA) is 30.5 Å². The van der Waals surface area contributed by atoms with Crippen LogP contribution in [0.4, 0.5) is 0 Å². The van der Waals surface area contributed by atoms with Gasteiger partial charge in [-0.1, -0.05) is 0 Å². The van der Waals surface area contributed by atoms with Crippen LogP contribution < -0.4 is 14.8 Å². The zero-order chi connectivity index (χ0) is 13.9. The Morgan fingerprint density at radius 2 is 2.20 bits per heavy atom. The van der Waals surface area contributed by atoms with Gasteiger partial charge in [0.05, 0.1) is 4.47 Å². The molecule has 0 aliphatic carbocycles. The fourth-order valence-corrected chi connectivity index (χ4v) is 3.53. The van der Waals surface area contributed by atoms with Gasteiger partial charge in [-0.25, -0.2) is 0 Å². The molecule has 106 valence electrons. The molecule has 1 unspecified atom stereocenters. The molecule has 3 rings (SSSR count). The molecule has 2 aromatic rings. The van der Waals surface area contributed by atoms with Gasteiger partial charge in [0.2, 0.25) is 0 Å². The maximum Gasteiger partial charge on any atom is 0.175 e. The van der Waals surface area contributed by atoms with Crippen LogP contribution in [0.5, 0.6) is 11.5 Å². The average Bonchev–Trinajstić information content (AvgIpc) is 2.99. The van der Waals surface area contributed by atoms with E-state index in [1.165, 1.54) is 11.1 Å². The lowest BCUT2D eigenvalue weighted by Crippen LogP contribution is -2.19. The second-order valence-corrected chi connectivity index (χ2v) is 6.40. The molecule has 20 heavy (non-hydrogen) atoms. The summed E-state index contributed by atoms with van der Waals surface area (Å²) in [6, 6.07) is 6.63. The second-order valence-electron chi connectivity index (χ2n) is 4.76. The first-order chi connectivity index (χ1) is 9.74. The highest BCUT2D eigenvalue weighted by molar-refractivity contribution is 9.10. The van der Waals surface area contributed by atoms with Gasteiger partial charge in [-0.05, 0) is 62.9 Å². The van der Waals surface area contributed by atoms with Crippen molar-refractivity contribution in [2.24, 2.45) is 0 Å². The minimum absolute atomic E-state index is 0.341. The third-order valence-corrected chi connectivity index (χ3v) is 4.60. The Morgan fingerprint density at radius 3 is 3.00 bits per heavy atom. The molecule has 2 heterocycles. The van der Waals surface area contributed by atoms with Crippen LogP contribution in [0, 0.1) is 0 Å². The van der Waals surface area contributed by atoms with E-state index in [0.717, 1.165) is 22.5 Å². The van der Waals surface area contributed by atoms with Gasteiger partial charge in [0.15, 0.2) is 11.5 Å². The lowest BCUT2D eigenvalue weighted by Gasteiger charge is -2.21. The van der Waals surface area contributed by atoms with E-state index in [1.807, 2.05) is 6.07 Å². The highest BCUT2D eigenvalue weighted by Crippen LogP contribution is 2.38. The van der Waals surface area contributed by atoms with Gasteiger partial charge in [0.25, 0.3) is 0 Å². The normalized spacial score (nSPS) is 15.1. The Labute approximate surface area is 131 Å². The van der Waals surface area contributed by atoms with Gasteiger partial charge in [-0.3, -0.25) is 0 Å². The third kappa shape index (κ3) is 3.00. The Kier molecular flexibility index (Phi) is 4.29. The lowest BCUT2D eigenvalue weighted by molar-refractivity contribution is 0.170. The molecule has 0 bridgehead atoms. The van der Waals surface area contributed by atoms with E-state index in [0.29, 0.717) is 19.3 Å². The molecule has 1 aliphatic rings. The fourth-order valence-electron chi connectivity index (χ4n) is 2.18. The molecular weight excluding hydrogens is 338 g/mol. The van der Waals surface area contributed by atoms with E-state index in [9.17, 15) is 0 Å². The zero-order valence-corrected chi connectivity index (χ0v) is 13.6. The second kappa shape index (κ2) is 6.16. The van der Waals surface area contributed by atoms with Crippen LogP contribution in [0.1, 0.15) is 24.1 Å². The highest BCUT2D eigenvalue weighted by atomic mass is 79.9. The number of halogens is 1. The van der Waals surface area contributed by atoms with Crippen LogP contribution in [0.15, 0.2) is 33.4 Å². The number of benzene rings is 1. The minimum Gasteiger partial charge on any atom is -0.486 e. The van der Waals surface area contributed by atoms with Gasteiger partial charge >= 0.3 is 0 Å². The van der Waals surface area contributed by atoms with Gasteiger partial charge < -0.3 is 14.8 Å². The molecule has 0 radical (unpaired) electrons. The summed E-state index contributed by atoms with van der Waals surface area (Å²) in [5.41, 5.74) is 2.51. The van der Waals surface area contributed by atoms with Crippen molar-refractivity contribution in [3.05, 3.63) is 44.6 Å². The third-order valence-electron chi connectivity index (χ3n) is 3.31. The number of rotatable bonds is 4. The van der Waals surface area contributed by atoms with Gasteiger partial charge in [0.1, 0.15) is 13.2 Å².